The van der Waals surface area contributed by atoms with E-state index in [2.05, 4.69) is 4.98 Å². The van der Waals surface area contributed by atoms with Gasteiger partial charge in [-0.05, 0) is 47.4 Å². The summed E-state index contributed by atoms with van der Waals surface area (Å²) in [7, 11) is 0. The third-order valence-corrected chi connectivity index (χ3v) is 9.77. The fourth-order valence-electron chi connectivity index (χ4n) is 7.46. The van der Waals surface area contributed by atoms with Crippen molar-refractivity contribution in [1.29, 1.82) is 0 Å². The van der Waals surface area contributed by atoms with Crippen molar-refractivity contribution in [3.63, 3.8) is 0 Å². The predicted octanol–water partition coefficient (Wildman–Crippen LogP) is 13.0. The maximum atomic E-state index is 9.81. The van der Waals surface area contributed by atoms with Gasteiger partial charge in [-0.1, -0.05) is 151 Å². The zero-order valence-corrected chi connectivity index (χ0v) is 28.9. The van der Waals surface area contributed by atoms with Gasteiger partial charge in [0, 0.05) is 38.1 Å². The maximum absolute atomic E-state index is 9.81. The number of hydrogen-bond acceptors (Lipinski definition) is 4. The van der Waals surface area contributed by atoms with Crippen LogP contribution in [0.25, 0.3) is 111 Å². The molecule has 57 heavy (non-hydrogen) atoms. The Balaban J connectivity index is 1.30. The average Bonchev–Trinajstić information content (AvgIpc) is 3.55. The molecule has 0 N–H and O–H groups in total. The third kappa shape index (κ3) is 4.81. The molecule has 0 amide bonds. The van der Waals surface area contributed by atoms with Crippen LogP contribution in [-0.4, -0.2) is 24.1 Å². The van der Waals surface area contributed by atoms with E-state index in [1.807, 2.05) is 0 Å². The van der Waals surface area contributed by atoms with E-state index in [1.54, 1.807) is 65.2 Å². The fourth-order valence-corrected chi connectivity index (χ4v) is 7.46. The summed E-state index contributed by atoms with van der Waals surface area (Å²) in [6.45, 7) is 0. The highest BCUT2D eigenvalue weighted by Crippen LogP contribution is 2.44. The summed E-state index contributed by atoms with van der Waals surface area (Å²) in [5, 5.41) is 1.59. The van der Waals surface area contributed by atoms with Gasteiger partial charge < -0.3 is 8.98 Å². The van der Waals surface area contributed by atoms with Crippen LogP contribution in [0.2, 0.25) is 0 Å². The molecule has 6 nitrogen and oxygen atoms in total. The van der Waals surface area contributed by atoms with Gasteiger partial charge in [0.1, 0.15) is 11.2 Å². The van der Waals surface area contributed by atoms with Crippen molar-refractivity contribution in [2.24, 2.45) is 0 Å². The number of aromatic nitrogens is 5. The van der Waals surface area contributed by atoms with Crippen molar-refractivity contribution in [3.8, 4) is 45.5 Å². The Bertz CT molecular complexity index is 4600. The van der Waals surface area contributed by atoms with E-state index in [1.165, 1.54) is 4.57 Å². The third-order valence-electron chi connectivity index (χ3n) is 9.77. The standard InChI is InChI=1S/C51H31N5O/c1-4-15-32(16-5-1)35-27-30-44-40(31-35)46-43(25-14-26-45(46)57-44)55-41-23-12-10-21-36(41)38-28-29-39-37-22-11-13-24-42(37)56(48(39)47(38)55)51-53-49(33-17-6-2-7-18-33)52-50(54-51)34-19-8-3-9-20-34/h1-31H/i1D,2D,3D,4D,5D,6D,7D,8D,9D,14D,15D,16D,17D,18D,19D,20D,25D,26D,27D,30D,31D. The van der Waals surface area contributed by atoms with Gasteiger partial charge >= 0.3 is 0 Å². The molecule has 0 radical (unpaired) electrons. The van der Waals surface area contributed by atoms with E-state index < -0.39 is 166 Å². The van der Waals surface area contributed by atoms with Crippen LogP contribution in [0.3, 0.4) is 0 Å². The predicted molar refractivity (Wildman–Crippen MR) is 232 cm³/mol. The summed E-state index contributed by atoms with van der Waals surface area (Å²) in [5.74, 6) is -1.43. The van der Waals surface area contributed by atoms with Gasteiger partial charge in [-0.25, -0.2) is 4.98 Å². The highest BCUT2D eigenvalue weighted by Gasteiger charge is 2.25. The van der Waals surface area contributed by atoms with Crippen LogP contribution in [0.1, 0.15) is 28.8 Å². The van der Waals surface area contributed by atoms with Gasteiger partial charge in [0.2, 0.25) is 5.95 Å². The number of hydrogen-bond donors (Lipinski definition) is 0. The lowest BCUT2D eigenvalue weighted by Crippen LogP contribution is -2.07. The first-order valence-electron chi connectivity index (χ1n) is 27.9. The molecule has 4 heterocycles. The SMILES string of the molecule is [2H]c1c([2H])c([2H])c(-c2nc(-c3c([2H])c([2H])c([2H])c([2H])c3[2H])nc(-n3c4ccccc4c4ccc5c6ccccc6n(-c6c([2H])c([2H])c([2H])c7oc8c([2H])c([2H])c(-c9c([2H])c([2H])c([2H])c([2H])c9[2H])c([2H])c8c67)c5c43)n2)c([2H])c1[2H]. The molecule has 0 bridgehead atoms. The van der Waals surface area contributed by atoms with E-state index in [0.717, 1.165) is 0 Å². The number of para-hydroxylation sites is 2. The van der Waals surface area contributed by atoms with Gasteiger partial charge in [0.05, 0.1) is 61.9 Å². The summed E-state index contributed by atoms with van der Waals surface area (Å²) in [5.41, 5.74) is -1.90. The summed E-state index contributed by atoms with van der Waals surface area (Å²) in [4.78, 5) is 14.1. The van der Waals surface area contributed by atoms with Crippen LogP contribution in [0, 0.1) is 0 Å². The van der Waals surface area contributed by atoms with Crippen LogP contribution in [0.15, 0.2) is 192 Å². The zero-order valence-electron chi connectivity index (χ0n) is 49.9. The van der Waals surface area contributed by atoms with Gasteiger partial charge in [-0.2, -0.15) is 9.97 Å². The minimum absolute atomic E-state index is 0.183. The van der Waals surface area contributed by atoms with Crippen LogP contribution < -0.4 is 0 Å². The summed E-state index contributed by atoms with van der Waals surface area (Å²) in [6, 6.07) is 2.37. The molecule has 0 aliphatic heterocycles. The van der Waals surface area contributed by atoms with Crippen molar-refractivity contribution in [3.05, 3.63) is 188 Å². The quantitative estimate of drug-likeness (QED) is 0.176. The Morgan fingerprint density at radius 2 is 0.982 bits per heavy atom. The lowest BCUT2D eigenvalue weighted by molar-refractivity contribution is 0.669. The summed E-state index contributed by atoms with van der Waals surface area (Å²) in [6.07, 6.45) is 0. The van der Waals surface area contributed by atoms with Crippen LogP contribution >= 0.6 is 0 Å². The van der Waals surface area contributed by atoms with E-state index in [-0.39, 0.29) is 39.0 Å². The topological polar surface area (TPSA) is 61.7 Å². The lowest BCUT2D eigenvalue weighted by atomic mass is 10.0. The minimum atomic E-state index is -0.765. The van der Waals surface area contributed by atoms with E-state index in [4.69, 9.17) is 36.3 Å². The second-order valence-electron chi connectivity index (χ2n) is 12.8. The Hall–Kier alpha value is -7.83. The number of rotatable bonds is 5. The molecule has 8 aromatic carbocycles. The number of furan rings is 1. The molecule has 0 aliphatic carbocycles. The van der Waals surface area contributed by atoms with Crippen molar-refractivity contribution in [2.45, 2.75) is 0 Å². The molecule has 0 unspecified atom stereocenters. The molecule has 12 aromatic rings. The van der Waals surface area contributed by atoms with Crippen molar-refractivity contribution >= 4 is 65.6 Å². The normalized spacial score (nSPS) is 17.0. The highest BCUT2D eigenvalue weighted by atomic mass is 16.3. The van der Waals surface area contributed by atoms with Gasteiger partial charge in [0.25, 0.3) is 0 Å². The van der Waals surface area contributed by atoms with Gasteiger partial charge in [-0.3, -0.25) is 4.57 Å². The summed E-state index contributed by atoms with van der Waals surface area (Å²) < 4.78 is 195. The molecule has 0 fully saturated rings. The average molecular weight is 751 g/mol. The first-order chi connectivity index (χ1) is 37.0. The first-order valence-corrected chi connectivity index (χ1v) is 17.4. The fraction of sp³-hybridized carbons (Fsp3) is 0. The van der Waals surface area contributed by atoms with Gasteiger partial charge in [-0.15, -0.1) is 0 Å². The smallest absolute Gasteiger partial charge is 0.238 e. The van der Waals surface area contributed by atoms with Crippen LogP contribution in [0.5, 0.6) is 0 Å². The molecule has 266 valence electrons. The second kappa shape index (κ2) is 12.3. The maximum Gasteiger partial charge on any atom is 0.238 e. The molecule has 0 saturated carbocycles. The summed E-state index contributed by atoms with van der Waals surface area (Å²) >= 11 is 0. The molecule has 0 spiro atoms. The lowest BCUT2D eigenvalue weighted by Gasteiger charge is -2.14. The highest BCUT2D eigenvalue weighted by molar-refractivity contribution is 6.24. The van der Waals surface area contributed by atoms with Crippen LogP contribution in [-0.2, 0) is 0 Å². The van der Waals surface area contributed by atoms with E-state index >= 15 is 0 Å². The molecule has 0 saturated heterocycles. The number of fused-ring (bicyclic) bond motifs is 10. The van der Waals surface area contributed by atoms with Crippen molar-refractivity contribution in [1.82, 2.24) is 24.1 Å². The molecular formula is C51H31N5O. The van der Waals surface area contributed by atoms with Crippen LogP contribution in [0.4, 0.5) is 0 Å². The molecule has 12 rings (SSSR count). The van der Waals surface area contributed by atoms with Gasteiger partial charge in [0.15, 0.2) is 11.6 Å². The monoisotopic (exact) mass is 750 g/mol. The Kier molecular flexibility index (Phi) is 3.75. The zero-order chi connectivity index (χ0) is 55.7. The Labute approximate surface area is 356 Å². The first kappa shape index (κ1) is 17.3. The Morgan fingerprint density at radius 3 is 1.61 bits per heavy atom. The largest absolute Gasteiger partial charge is 0.456 e. The number of nitrogens with zero attached hydrogens (tertiary/aromatic N) is 5. The molecule has 0 aliphatic rings. The Morgan fingerprint density at radius 1 is 0.421 bits per heavy atom. The van der Waals surface area contributed by atoms with E-state index in [0.29, 0.717) is 32.6 Å². The molecule has 4 aromatic heterocycles. The molecular weight excluding hydrogens is 699 g/mol. The molecule has 0 atom stereocenters. The van der Waals surface area contributed by atoms with E-state index in [9.17, 15) is 6.85 Å². The molecule has 6 heteroatoms. The second-order valence-corrected chi connectivity index (χ2v) is 12.8. The minimum Gasteiger partial charge on any atom is -0.456 e. The van der Waals surface area contributed by atoms with Crippen molar-refractivity contribution < 1.29 is 33.2 Å². The number of benzene rings is 8. The van der Waals surface area contributed by atoms with Crippen molar-refractivity contribution in [2.75, 3.05) is 0 Å².